The number of hydrogen-bond donors (Lipinski definition) is 1. The number of benzene rings is 1. The number of halogens is 1. The molecule has 20 heavy (non-hydrogen) atoms. The molecule has 3 nitrogen and oxygen atoms in total. The van der Waals surface area contributed by atoms with E-state index in [1.165, 1.54) is 0 Å². The molecule has 2 atom stereocenters. The van der Waals surface area contributed by atoms with Gasteiger partial charge in [-0.15, -0.1) is 11.6 Å². The zero-order valence-electron chi connectivity index (χ0n) is 11.5. The average molecular weight is 292 g/mol. The van der Waals surface area contributed by atoms with Gasteiger partial charge in [-0.1, -0.05) is 31.0 Å². The van der Waals surface area contributed by atoms with Gasteiger partial charge < -0.3 is 9.67 Å². The van der Waals surface area contributed by atoms with Crippen LogP contribution in [0.4, 0.5) is 0 Å². The Balaban J connectivity index is 2.24. The second-order valence-electron chi connectivity index (χ2n) is 5.52. The van der Waals surface area contributed by atoms with Crippen molar-refractivity contribution >= 4 is 28.5 Å². The molecule has 3 rings (SSSR count). The van der Waals surface area contributed by atoms with Crippen LogP contribution >= 0.6 is 11.6 Å². The van der Waals surface area contributed by atoms with Crippen molar-refractivity contribution in [1.29, 1.82) is 0 Å². The van der Waals surface area contributed by atoms with E-state index in [1.807, 2.05) is 31.2 Å². The van der Waals surface area contributed by atoms with Gasteiger partial charge in [0, 0.05) is 16.6 Å². The lowest BCUT2D eigenvalue weighted by atomic mass is 9.94. The van der Waals surface area contributed by atoms with Crippen LogP contribution in [0.1, 0.15) is 47.8 Å². The van der Waals surface area contributed by atoms with Crippen LogP contribution in [0.5, 0.6) is 0 Å². The number of nitrogens with zero attached hydrogens (tertiary/aromatic N) is 1. The summed E-state index contributed by atoms with van der Waals surface area (Å²) in [5.74, 6) is -0.862. The first-order valence-electron chi connectivity index (χ1n) is 7.08. The van der Waals surface area contributed by atoms with Crippen LogP contribution in [0, 0.1) is 6.92 Å². The Hall–Kier alpha value is -1.48. The summed E-state index contributed by atoms with van der Waals surface area (Å²) in [6.45, 7) is 1.89. The number of carboxylic acid groups (broad SMARTS) is 1. The van der Waals surface area contributed by atoms with Crippen molar-refractivity contribution in [3.05, 3.63) is 35.5 Å². The predicted molar refractivity (Wildman–Crippen MR) is 80.8 cm³/mol. The highest BCUT2D eigenvalue weighted by atomic mass is 35.5. The topological polar surface area (TPSA) is 42.2 Å². The minimum atomic E-state index is -0.862. The van der Waals surface area contributed by atoms with E-state index in [4.69, 9.17) is 11.6 Å². The molecule has 0 aliphatic heterocycles. The minimum Gasteiger partial charge on any atom is -0.478 e. The van der Waals surface area contributed by atoms with Gasteiger partial charge in [0.25, 0.3) is 0 Å². The molecule has 0 amide bonds. The zero-order chi connectivity index (χ0) is 14.3. The van der Waals surface area contributed by atoms with E-state index in [0.717, 1.165) is 42.3 Å². The summed E-state index contributed by atoms with van der Waals surface area (Å²) in [5, 5.41) is 10.4. The lowest BCUT2D eigenvalue weighted by Crippen LogP contribution is -2.24. The van der Waals surface area contributed by atoms with Crippen LogP contribution in [0.3, 0.4) is 0 Å². The summed E-state index contributed by atoms with van der Waals surface area (Å²) in [6.07, 6.45) is 4.34. The van der Waals surface area contributed by atoms with Crippen molar-refractivity contribution in [1.82, 2.24) is 4.57 Å². The molecule has 1 fully saturated rings. The third kappa shape index (κ3) is 2.01. The van der Waals surface area contributed by atoms with Crippen molar-refractivity contribution in [2.24, 2.45) is 0 Å². The maximum Gasteiger partial charge on any atom is 0.338 e. The number of alkyl halides is 1. The van der Waals surface area contributed by atoms with E-state index in [2.05, 4.69) is 4.57 Å². The molecule has 1 aliphatic rings. The monoisotopic (exact) mass is 291 g/mol. The number of aromatic nitrogens is 1. The number of aromatic carboxylic acids is 1. The minimum absolute atomic E-state index is 0.0832. The molecule has 1 heterocycles. The number of rotatable bonds is 2. The molecule has 1 aromatic heterocycles. The molecule has 1 aromatic carbocycles. The SMILES string of the molecule is Cc1c(C(=O)O)c2ccccc2n1C1CCCCC1Cl. The Kier molecular flexibility index (Phi) is 3.47. The molecule has 1 saturated carbocycles. The average Bonchev–Trinajstić information content (AvgIpc) is 2.71. The van der Waals surface area contributed by atoms with Gasteiger partial charge >= 0.3 is 5.97 Å². The quantitative estimate of drug-likeness (QED) is 0.835. The molecular weight excluding hydrogens is 274 g/mol. The molecule has 0 saturated heterocycles. The summed E-state index contributed by atoms with van der Waals surface area (Å²) in [4.78, 5) is 11.6. The fourth-order valence-electron chi connectivity index (χ4n) is 3.45. The van der Waals surface area contributed by atoms with Gasteiger partial charge in [-0.2, -0.15) is 0 Å². The van der Waals surface area contributed by atoms with Gasteiger partial charge in [-0.3, -0.25) is 0 Å². The summed E-state index contributed by atoms with van der Waals surface area (Å²) >= 11 is 6.51. The van der Waals surface area contributed by atoms with Crippen molar-refractivity contribution in [2.75, 3.05) is 0 Å². The first kappa shape index (κ1) is 13.5. The number of fused-ring (bicyclic) bond motifs is 1. The lowest BCUT2D eigenvalue weighted by Gasteiger charge is -2.30. The van der Waals surface area contributed by atoms with Crippen LogP contribution < -0.4 is 0 Å². The maximum absolute atomic E-state index is 11.6. The maximum atomic E-state index is 11.6. The van der Waals surface area contributed by atoms with Gasteiger partial charge in [0.2, 0.25) is 0 Å². The lowest BCUT2D eigenvalue weighted by molar-refractivity contribution is 0.0697. The second-order valence-corrected chi connectivity index (χ2v) is 6.08. The molecule has 1 aliphatic carbocycles. The van der Waals surface area contributed by atoms with E-state index in [9.17, 15) is 9.90 Å². The van der Waals surface area contributed by atoms with Crippen LogP contribution in [-0.4, -0.2) is 21.0 Å². The number of hydrogen-bond acceptors (Lipinski definition) is 1. The molecule has 2 unspecified atom stereocenters. The van der Waals surface area contributed by atoms with Crippen molar-refractivity contribution < 1.29 is 9.90 Å². The number of para-hydroxylation sites is 1. The predicted octanol–water partition coefficient (Wildman–Crippen LogP) is 4.37. The summed E-state index contributed by atoms with van der Waals surface area (Å²) < 4.78 is 2.15. The van der Waals surface area contributed by atoms with Crippen LogP contribution in [-0.2, 0) is 0 Å². The summed E-state index contributed by atoms with van der Waals surface area (Å²) in [5.41, 5.74) is 2.21. The largest absolute Gasteiger partial charge is 0.478 e. The van der Waals surface area contributed by atoms with Crippen molar-refractivity contribution in [3.63, 3.8) is 0 Å². The Morgan fingerprint density at radius 2 is 2.00 bits per heavy atom. The number of carbonyl (C=O) groups is 1. The molecule has 106 valence electrons. The van der Waals surface area contributed by atoms with Gasteiger partial charge in [0.05, 0.1) is 17.0 Å². The highest BCUT2D eigenvalue weighted by Gasteiger charge is 2.29. The molecular formula is C16H18ClNO2. The summed E-state index contributed by atoms with van der Waals surface area (Å²) in [7, 11) is 0. The fourth-order valence-corrected chi connectivity index (χ4v) is 3.84. The van der Waals surface area contributed by atoms with Crippen LogP contribution in [0.15, 0.2) is 24.3 Å². The zero-order valence-corrected chi connectivity index (χ0v) is 12.2. The van der Waals surface area contributed by atoms with E-state index in [1.54, 1.807) is 0 Å². The molecule has 0 bridgehead atoms. The Morgan fingerprint density at radius 1 is 1.30 bits per heavy atom. The van der Waals surface area contributed by atoms with Crippen LogP contribution in [0.2, 0.25) is 0 Å². The normalized spacial score (nSPS) is 23.1. The van der Waals surface area contributed by atoms with Gasteiger partial charge in [0.1, 0.15) is 0 Å². The van der Waals surface area contributed by atoms with E-state index >= 15 is 0 Å². The third-order valence-corrected chi connectivity index (χ3v) is 4.86. The molecule has 0 spiro atoms. The summed E-state index contributed by atoms with van der Waals surface area (Å²) in [6, 6.07) is 7.91. The molecule has 0 radical (unpaired) electrons. The Morgan fingerprint density at radius 3 is 2.70 bits per heavy atom. The van der Waals surface area contributed by atoms with Crippen LogP contribution in [0.25, 0.3) is 10.9 Å². The highest BCUT2D eigenvalue weighted by Crippen LogP contribution is 2.38. The van der Waals surface area contributed by atoms with E-state index in [0.29, 0.717) is 5.56 Å². The molecule has 4 heteroatoms. The number of carboxylic acids is 1. The first-order chi connectivity index (χ1) is 9.61. The second kappa shape index (κ2) is 5.13. The van der Waals surface area contributed by atoms with Crippen molar-refractivity contribution in [3.8, 4) is 0 Å². The fraction of sp³-hybridized carbons (Fsp3) is 0.438. The van der Waals surface area contributed by atoms with Crippen molar-refractivity contribution in [2.45, 2.75) is 44.0 Å². The first-order valence-corrected chi connectivity index (χ1v) is 7.51. The highest BCUT2D eigenvalue weighted by molar-refractivity contribution is 6.21. The molecule has 2 aromatic rings. The van der Waals surface area contributed by atoms with E-state index in [-0.39, 0.29) is 11.4 Å². The van der Waals surface area contributed by atoms with Gasteiger partial charge in [0.15, 0.2) is 0 Å². The Labute approximate surface area is 123 Å². The third-order valence-electron chi connectivity index (χ3n) is 4.35. The van der Waals surface area contributed by atoms with Gasteiger partial charge in [-0.05, 0) is 25.8 Å². The Bertz CT molecular complexity index is 662. The van der Waals surface area contributed by atoms with E-state index < -0.39 is 5.97 Å². The standard InChI is InChI=1S/C16H18ClNO2/c1-10-15(16(19)20)11-6-2-4-8-13(11)18(10)14-9-5-3-7-12(14)17/h2,4,6,8,12,14H,3,5,7,9H2,1H3,(H,19,20). The van der Waals surface area contributed by atoms with Gasteiger partial charge in [-0.25, -0.2) is 4.79 Å². The smallest absolute Gasteiger partial charge is 0.338 e. The molecule has 1 N–H and O–H groups in total.